The average Bonchev–Trinajstić information content (AvgIpc) is 2.47. The molecule has 3 nitrogen and oxygen atoms in total. The van der Waals surface area contributed by atoms with Gasteiger partial charge in [0, 0.05) is 5.92 Å². The van der Waals surface area contributed by atoms with Gasteiger partial charge in [-0.05, 0) is 40.0 Å². The van der Waals surface area contributed by atoms with Gasteiger partial charge in [-0.15, -0.1) is 0 Å². The molecule has 0 aromatic heterocycles. The van der Waals surface area contributed by atoms with Crippen molar-refractivity contribution < 1.29 is 14.6 Å². The number of esters is 1. The fourth-order valence-electron chi connectivity index (χ4n) is 2.20. The van der Waals surface area contributed by atoms with Gasteiger partial charge in [0.05, 0.1) is 6.10 Å². The summed E-state index contributed by atoms with van der Waals surface area (Å²) in [5.74, 6) is -0.647. The molecule has 1 fully saturated rings. The van der Waals surface area contributed by atoms with Crippen molar-refractivity contribution in [3.05, 3.63) is 12.2 Å². The van der Waals surface area contributed by atoms with Crippen molar-refractivity contribution in [3.8, 4) is 0 Å². The van der Waals surface area contributed by atoms with Gasteiger partial charge in [0.2, 0.25) is 0 Å². The quantitative estimate of drug-likeness (QED) is 0.575. The van der Waals surface area contributed by atoms with Gasteiger partial charge in [-0.1, -0.05) is 12.2 Å². The first-order valence-electron chi connectivity index (χ1n) is 5.46. The van der Waals surface area contributed by atoms with E-state index < -0.39 is 11.6 Å². The molecule has 1 aliphatic carbocycles. The van der Waals surface area contributed by atoms with Crippen LogP contribution in [-0.4, -0.2) is 22.8 Å². The fourth-order valence-corrected chi connectivity index (χ4v) is 2.20. The second kappa shape index (κ2) is 4.35. The average molecular weight is 212 g/mol. The molecule has 15 heavy (non-hydrogen) atoms. The van der Waals surface area contributed by atoms with Gasteiger partial charge in [0.15, 0.2) is 5.60 Å². The monoisotopic (exact) mass is 212 g/mol. The Morgan fingerprint density at radius 1 is 1.60 bits per heavy atom. The van der Waals surface area contributed by atoms with E-state index in [9.17, 15) is 9.90 Å². The molecule has 0 spiro atoms. The Bertz CT molecular complexity index is 270. The van der Waals surface area contributed by atoms with E-state index >= 15 is 0 Å². The first-order chi connectivity index (χ1) is 6.88. The van der Waals surface area contributed by atoms with Crippen LogP contribution >= 0.6 is 0 Å². The number of carbonyl (C=O) groups is 1. The molecule has 0 bridgehead atoms. The summed E-state index contributed by atoms with van der Waals surface area (Å²) in [7, 11) is 0. The van der Waals surface area contributed by atoms with Crippen LogP contribution < -0.4 is 0 Å². The minimum atomic E-state index is -1.34. The lowest BCUT2D eigenvalue weighted by atomic mass is 9.86. The van der Waals surface area contributed by atoms with Crippen LogP contribution in [0.1, 0.15) is 40.0 Å². The maximum atomic E-state index is 11.8. The Balaban J connectivity index is 2.80. The summed E-state index contributed by atoms with van der Waals surface area (Å²) < 4.78 is 5.09. The molecule has 86 valence electrons. The molecular weight excluding hydrogens is 192 g/mol. The molecule has 0 amide bonds. The highest BCUT2D eigenvalue weighted by atomic mass is 16.6. The van der Waals surface area contributed by atoms with E-state index in [1.807, 2.05) is 6.92 Å². The number of rotatable bonds is 3. The van der Waals surface area contributed by atoms with Crippen molar-refractivity contribution in [1.82, 2.24) is 0 Å². The summed E-state index contributed by atoms with van der Waals surface area (Å²) in [5.41, 5.74) is -0.480. The van der Waals surface area contributed by atoms with Gasteiger partial charge in [-0.2, -0.15) is 0 Å². The zero-order valence-electron chi connectivity index (χ0n) is 9.75. The number of hydrogen-bond donors (Lipinski definition) is 1. The summed E-state index contributed by atoms with van der Waals surface area (Å²) in [5, 5.41) is 10.3. The Morgan fingerprint density at radius 2 is 2.20 bits per heavy atom. The molecule has 1 saturated carbocycles. The predicted molar refractivity (Wildman–Crippen MR) is 58.3 cm³/mol. The minimum Gasteiger partial charge on any atom is -0.461 e. The molecular formula is C12H20O3. The topological polar surface area (TPSA) is 46.5 Å². The summed E-state index contributed by atoms with van der Waals surface area (Å²) in [4.78, 5) is 11.8. The summed E-state index contributed by atoms with van der Waals surface area (Å²) in [6, 6.07) is 0. The van der Waals surface area contributed by atoms with Crippen LogP contribution in [-0.2, 0) is 9.53 Å². The van der Waals surface area contributed by atoms with Crippen LogP contribution in [0.2, 0.25) is 0 Å². The smallest absolute Gasteiger partial charge is 0.338 e. The van der Waals surface area contributed by atoms with E-state index in [1.54, 1.807) is 13.8 Å². The molecule has 0 heterocycles. The van der Waals surface area contributed by atoms with Crippen molar-refractivity contribution >= 4 is 5.97 Å². The van der Waals surface area contributed by atoms with Crippen molar-refractivity contribution in [2.24, 2.45) is 5.92 Å². The number of aliphatic hydroxyl groups is 1. The van der Waals surface area contributed by atoms with E-state index in [-0.39, 0.29) is 12.0 Å². The summed E-state index contributed by atoms with van der Waals surface area (Å²) in [6.45, 7) is 9.24. The molecule has 0 aromatic rings. The summed E-state index contributed by atoms with van der Waals surface area (Å²) in [6.07, 6.45) is 1.96. The van der Waals surface area contributed by atoms with Crippen LogP contribution in [0.4, 0.5) is 0 Å². The standard InChI is InChI=1S/C12H20O3/c1-8(2)10-6-5-7-12(10,14)11(13)15-9(3)4/h9-10,14H,1,5-7H2,2-4H3/t10-,12-/m1/s1. The Hall–Kier alpha value is -0.830. The maximum Gasteiger partial charge on any atom is 0.338 e. The second-order valence-corrected chi connectivity index (χ2v) is 4.67. The second-order valence-electron chi connectivity index (χ2n) is 4.67. The highest BCUT2D eigenvalue weighted by Crippen LogP contribution is 2.40. The Kier molecular flexibility index (Phi) is 3.55. The maximum absolute atomic E-state index is 11.8. The largest absolute Gasteiger partial charge is 0.461 e. The Labute approximate surface area is 91.1 Å². The third-order valence-electron chi connectivity index (χ3n) is 2.92. The van der Waals surface area contributed by atoms with E-state index in [1.165, 1.54) is 0 Å². The lowest BCUT2D eigenvalue weighted by molar-refractivity contribution is -0.172. The fraction of sp³-hybridized carbons (Fsp3) is 0.750. The summed E-state index contributed by atoms with van der Waals surface area (Å²) >= 11 is 0. The molecule has 0 aromatic carbocycles. The highest BCUT2D eigenvalue weighted by Gasteiger charge is 2.49. The minimum absolute atomic E-state index is 0.149. The number of carbonyl (C=O) groups excluding carboxylic acids is 1. The molecule has 0 saturated heterocycles. The first kappa shape index (κ1) is 12.2. The van der Waals surface area contributed by atoms with Gasteiger partial charge in [0.1, 0.15) is 0 Å². The van der Waals surface area contributed by atoms with Crippen molar-refractivity contribution in [2.75, 3.05) is 0 Å². The normalized spacial score (nSPS) is 30.6. The van der Waals surface area contributed by atoms with Crippen LogP contribution in [0, 0.1) is 5.92 Å². The molecule has 1 N–H and O–H groups in total. The van der Waals surface area contributed by atoms with Crippen LogP contribution in [0.3, 0.4) is 0 Å². The van der Waals surface area contributed by atoms with Crippen molar-refractivity contribution in [1.29, 1.82) is 0 Å². The third kappa shape index (κ3) is 2.40. The lowest BCUT2D eigenvalue weighted by Crippen LogP contribution is -2.44. The van der Waals surface area contributed by atoms with Crippen molar-refractivity contribution in [3.63, 3.8) is 0 Å². The van der Waals surface area contributed by atoms with Crippen LogP contribution in [0.15, 0.2) is 12.2 Å². The van der Waals surface area contributed by atoms with Crippen LogP contribution in [0.5, 0.6) is 0 Å². The van der Waals surface area contributed by atoms with E-state index in [2.05, 4.69) is 6.58 Å². The van der Waals surface area contributed by atoms with Gasteiger partial charge in [-0.3, -0.25) is 0 Å². The van der Waals surface area contributed by atoms with Gasteiger partial charge >= 0.3 is 5.97 Å². The number of ether oxygens (including phenoxy) is 1. The number of hydrogen-bond acceptors (Lipinski definition) is 3. The zero-order valence-corrected chi connectivity index (χ0v) is 9.75. The molecule has 3 heteroatoms. The third-order valence-corrected chi connectivity index (χ3v) is 2.92. The molecule has 1 aliphatic rings. The lowest BCUT2D eigenvalue weighted by Gasteiger charge is -2.29. The van der Waals surface area contributed by atoms with E-state index in [4.69, 9.17) is 4.74 Å². The Morgan fingerprint density at radius 3 is 2.67 bits per heavy atom. The van der Waals surface area contributed by atoms with E-state index in [0.29, 0.717) is 6.42 Å². The molecule has 1 rings (SSSR count). The SMILES string of the molecule is C=C(C)[C@H]1CCC[C@]1(O)C(=O)OC(C)C. The molecule has 0 aliphatic heterocycles. The van der Waals surface area contributed by atoms with Gasteiger partial charge in [0.25, 0.3) is 0 Å². The predicted octanol–water partition coefficient (Wildman–Crippen LogP) is 2.05. The zero-order chi connectivity index (χ0) is 11.6. The van der Waals surface area contributed by atoms with E-state index in [0.717, 1.165) is 18.4 Å². The highest BCUT2D eigenvalue weighted by molar-refractivity contribution is 5.80. The van der Waals surface area contributed by atoms with Gasteiger partial charge in [-0.25, -0.2) is 4.79 Å². The first-order valence-corrected chi connectivity index (χ1v) is 5.46. The molecule has 0 unspecified atom stereocenters. The van der Waals surface area contributed by atoms with Gasteiger partial charge < -0.3 is 9.84 Å². The molecule has 0 radical (unpaired) electrons. The van der Waals surface area contributed by atoms with Crippen molar-refractivity contribution in [2.45, 2.75) is 51.7 Å². The molecule has 2 atom stereocenters. The van der Waals surface area contributed by atoms with Crippen LogP contribution in [0.25, 0.3) is 0 Å².